The van der Waals surface area contributed by atoms with E-state index in [1.807, 2.05) is 12.1 Å². The van der Waals surface area contributed by atoms with Crippen molar-refractivity contribution < 1.29 is 13.9 Å². The average Bonchev–Trinajstić information content (AvgIpc) is 2.81. The highest BCUT2D eigenvalue weighted by Crippen LogP contribution is 2.30. The highest BCUT2D eigenvalue weighted by molar-refractivity contribution is 5.32. The number of hydrogen-bond acceptors (Lipinski definition) is 1. The third-order valence-corrected chi connectivity index (χ3v) is 3.99. The Hall–Kier alpha value is -1.74. The molecule has 1 atom stereocenters. The lowest BCUT2D eigenvalue weighted by atomic mass is 9.93. The minimum atomic E-state index is -0.595. The predicted molar refractivity (Wildman–Crippen MR) is 73.4 cm³/mol. The molecular weight excluding hydrogens is 258 g/mol. The first-order chi connectivity index (χ1) is 9.61. The summed E-state index contributed by atoms with van der Waals surface area (Å²) >= 11 is 0. The fraction of sp³-hybridized carbons (Fsp3) is 0.294. The number of hydrogen-bond donors (Lipinski definition) is 1. The van der Waals surface area contributed by atoms with Gasteiger partial charge in [0.1, 0.15) is 11.6 Å². The van der Waals surface area contributed by atoms with Crippen LogP contribution in [0.25, 0.3) is 0 Å². The fourth-order valence-corrected chi connectivity index (χ4v) is 3.00. The molecule has 0 saturated carbocycles. The van der Waals surface area contributed by atoms with Crippen molar-refractivity contribution in [1.82, 2.24) is 0 Å². The van der Waals surface area contributed by atoms with Gasteiger partial charge in [-0.3, -0.25) is 0 Å². The van der Waals surface area contributed by atoms with Crippen molar-refractivity contribution in [2.75, 3.05) is 0 Å². The molecular formula is C17H16F2O. The van der Waals surface area contributed by atoms with Crippen LogP contribution in [0.5, 0.6) is 0 Å². The van der Waals surface area contributed by atoms with Crippen molar-refractivity contribution in [1.29, 1.82) is 0 Å². The van der Waals surface area contributed by atoms with Crippen LogP contribution in [0, 0.1) is 17.6 Å². The van der Waals surface area contributed by atoms with Gasteiger partial charge < -0.3 is 5.11 Å². The quantitative estimate of drug-likeness (QED) is 0.910. The first-order valence-electron chi connectivity index (χ1n) is 6.81. The van der Waals surface area contributed by atoms with Gasteiger partial charge in [0.2, 0.25) is 0 Å². The SMILES string of the molecule is OC(Cc1cc(F)cc(F)c1)C1Cc2ccccc2C1. The van der Waals surface area contributed by atoms with Crippen LogP contribution in [0.4, 0.5) is 8.78 Å². The molecule has 1 nitrogen and oxygen atoms in total. The largest absolute Gasteiger partial charge is 0.392 e. The van der Waals surface area contributed by atoms with Crippen molar-refractivity contribution in [2.24, 2.45) is 5.92 Å². The molecule has 0 bridgehead atoms. The van der Waals surface area contributed by atoms with Gasteiger partial charge in [-0.15, -0.1) is 0 Å². The molecule has 20 heavy (non-hydrogen) atoms. The van der Waals surface area contributed by atoms with Crippen molar-refractivity contribution >= 4 is 0 Å². The van der Waals surface area contributed by atoms with Gasteiger partial charge in [-0.2, -0.15) is 0 Å². The molecule has 3 rings (SSSR count). The maximum Gasteiger partial charge on any atom is 0.126 e. The van der Waals surface area contributed by atoms with E-state index in [-0.39, 0.29) is 12.3 Å². The Morgan fingerprint density at radius 2 is 1.55 bits per heavy atom. The van der Waals surface area contributed by atoms with Crippen molar-refractivity contribution in [2.45, 2.75) is 25.4 Å². The van der Waals surface area contributed by atoms with E-state index in [2.05, 4.69) is 12.1 Å². The second-order valence-corrected chi connectivity index (χ2v) is 5.49. The summed E-state index contributed by atoms with van der Waals surface area (Å²) in [5, 5.41) is 10.3. The number of halogens is 2. The van der Waals surface area contributed by atoms with Crippen LogP contribution in [-0.2, 0) is 19.3 Å². The molecule has 1 aliphatic rings. The zero-order chi connectivity index (χ0) is 14.1. The monoisotopic (exact) mass is 274 g/mol. The minimum absolute atomic E-state index is 0.124. The van der Waals surface area contributed by atoms with Gasteiger partial charge in [-0.25, -0.2) is 8.78 Å². The summed E-state index contributed by atoms with van der Waals surface area (Å²) in [6.45, 7) is 0. The Kier molecular flexibility index (Phi) is 3.53. The Morgan fingerprint density at radius 1 is 1.00 bits per heavy atom. The molecule has 0 spiro atoms. The standard InChI is InChI=1S/C17H16F2O/c18-15-5-11(6-16(19)10-15)7-17(20)14-8-12-3-1-2-4-13(12)9-14/h1-6,10,14,17,20H,7-9H2. The Balaban J connectivity index is 1.70. The molecule has 0 radical (unpaired) electrons. The Morgan fingerprint density at radius 3 is 2.10 bits per heavy atom. The number of benzene rings is 2. The summed E-state index contributed by atoms with van der Waals surface area (Å²) in [6.07, 6.45) is 1.36. The van der Waals surface area contributed by atoms with Crippen molar-refractivity contribution in [3.63, 3.8) is 0 Å². The van der Waals surface area contributed by atoms with Gasteiger partial charge in [-0.05, 0) is 54.0 Å². The summed E-state index contributed by atoms with van der Waals surface area (Å²) in [5.74, 6) is -1.07. The normalized spacial score (nSPS) is 16.1. The number of aliphatic hydroxyl groups is 1. The van der Waals surface area contributed by atoms with Crippen LogP contribution in [0.15, 0.2) is 42.5 Å². The van der Waals surface area contributed by atoms with Crippen LogP contribution < -0.4 is 0 Å². The van der Waals surface area contributed by atoms with E-state index in [1.54, 1.807) is 0 Å². The molecule has 2 aromatic carbocycles. The minimum Gasteiger partial charge on any atom is -0.392 e. The van der Waals surface area contributed by atoms with Gasteiger partial charge in [0.05, 0.1) is 6.10 Å². The predicted octanol–water partition coefficient (Wildman–Crippen LogP) is 3.28. The zero-order valence-corrected chi connectivity index (χ0v) is 11.0. The molecule has 104 valence electrons. The van der Waals surface area contributed by atoms with Gasteiger partial charge in [0.15, 0.2) is 0 Å². The van der Waals surface area contributed by atoms with E-state index in [4.69, 9.17) is 0 Å². The number of aliphatic hydroxyl groups excluding tert-OH is 1. The molecule has 2 aromatic rings. The summed E-state index contributed by atoms with van der Waals surface area (Å²) in [4.78, 5) is 0. The molecule has 3 heteroatoms. The average molecular weight is 274 g/mol. The molecule has 0 fully saturated rings. The highest BCUT2D eigenvalue weighted by Gasteiger charge is 2.27. The van der Waals surface area contributed by atoms with Crippen LogP contribution in [0.3, 0.4) is 0 Å². The van der Waals surface area contributed by atoms with Crippen LogP contribution in [0.1, 0.15) is 16.7 Å². The van der Waals surface area contributed by atoms with E-state index in [0.29, 0.717) is 5.56 Å². The fourth-order valence-electron chi connectivity index (χ4n) is 3.00. The lowest BCUT2D eigenvalue weighted by Crippen LogP contribution is -2.23. The molecule has 1 unspecified atom stereocenters. The first-order valence-corrected chi connectivity index (χ1v) is 6.81. The Labute approximate surface area is 116 Å². The molecule has 0 heterocycles. The highest BCUT2D eigenvalue weighted by atomic mass is 19.1. The topological polar surface area (TPSA) is 20.2 Å². The molecule has 1 N–H and O–H groups in total. The molecule has 1 aliphatic carbocycles. The summed E-state index contributed by atoms with van der Waals surface area (Å²) < 4.78 is 26.3. The number of fused-ring (bicyclic) bond motifs is 1. The van der Waals surface area contributed by atoms with Gasteiger partial charge in [-0.1, -0.05) is 24.3 Å². The van der Waals surface area contributed by atoms with E-state index in [0.717, 1.165) is 18.9 Å². The third-order valence-electron chi connectivity index (χ3n) is 3.99. The van der Waals surface area contributed by atoms with Gasteiger partial charge in [0, 0.05) is 6.07 Å². The zero-order valence-electron chi connectivity index (χ0n) is 11.0. The van der Waals surface area contributed by atoms with Crippen molar-refractivity contribution in [3.05, 3.63) is 70.8 Å². The van der Waals surface area contributed by atoms with E-state index in [9.17, 15) is 13.9 Å². The maximum atomic E-state index is 13.1. The van der Waals surface area contributed by atoms with E-state index in [1.165, 1.54) is 23.3 Å². The molecule has 0 saturated heterocycles. The second kappa shape index (κ2) is 5.33. The summed E-state index contributed by atoms with van der Waals surface area (Å²) in [6, 6.07) is 11.6. The van der Waals surface area contributed by atoms with Gasteiger partial charge in [0.25, 0.3) is 0 Å². The molecule has 0 amide bonds. The maximum absolute atomic E-state index is 13.1. The smallest absolute Gasteiger partial charge is 0.126 e. The second-order valence-electron chi connectivity index (χ2n) is 5.49. The van der Waals surface area contributed by atoms with Crippen LogP contribution >= 0.6 is 0 Å². The lowest BCUT2D eigenvalue weighted by Gasteiger charge is -2.17. The summed E-state index contributed by atoms with van der Waals surface area (Å²) in [5.41, 5.74) is 3.04. The molecule has 0 aliphatic heterocycles. The Bertz CT molecular complexity index is 579. The van der Waals surface area contributed by atoms with Gasteiger partial charge >= 0.3 is 0 Å². The lowest BCUT2D eigenvalue weighted by molar-refractivity contribution is 0.112. The third kappa shape index (κ3) is 2.73. The van der Waals surface area contributed by atoms with Crippen molar-refractivity contribution in [3.8, 4) is 0 Å². The first kappa shape index (κ1) is 13.3. The van der Waals surface area contributed by atoms with E-state index >= 15 is 0 Å². The molecule has 0 aromatic heterocycles. The van der Waals surface area contributed by atoms with Crippen LogP contribution in [0.2, 0.25) is 0 Å². The summed E-state index contributed by atoms with van der Waals surface area (Å²) in [7, 11) is 0. The van der Waals surface area contributed by atoms with Crippen LogP contribution in [-0.4, -0.2) is 11.2 Å². The van der Waals surface area contributed by atoms with E-state index < -0.39 is 17.7 Å². The number of rotatable bonds is 3.